The summed E-state index contributed by atoms with van der Waals surface area (Å²) in [7, 11) is 0. The molecule has 13 heavy (non-hydrogen) atoms. The maximum atomic E-state index is 10.1. The van der Waals surface area contributed by atoms with Crippen molar-refractivity contribution in [3.63, 3.8) is 0 Å². The van der Waals surface area contributed by atoms with Crippen molar-refractivity contribution < 1.29 is 20.1 Å². The molecule has 0 spiro atoms. The van der Waals surface area contributed by atoms with E-state index in [1.54, 1.807) is 6.07 Å². The van der Waals surface area contributed by atoms with Crippen LogP contribution < -0.4 is 5.11 Å². The molecule has 0 aromatic heterocycles. The van der Waals surface area contributed by atoms with Gasteiger partial charge in [0.1, 0.15) is 0 Å². The SMILES string of the molecule is O=C([O-])CCc1ccc(O)c(O)c1. The third-order valence-electron chi connectivity index (χ3n) is 1.66. The van der Waals surface area contributed by atoms with Crippen molar-refractivity contribution in [2.24, 2.45) is 0 Å². The van der Waals surface area contributed by atoms with Gasteiger partial charge >= 0.3 is 0 Å². The summed E-state index contributed by atoms with van der Waals surface area (Å²) in [5.74, 6) is -1.58. The topological polar surface area (TPSA) is 80.6 Å². The quantitative estimate of drug-likeness (QED) is 0.632. The highest BCUT2D eigenvalue weighted by atomic mass is 16.4. The molecule has 0 radical (unpaired) electrons. The number of aryl methyl sites for hydroxylation is 1. The summed E-state index contributed by atoms with van der Waals surface area (Å²) in [5.41, 5.74) is 0.652. The van der Waals surface area contributed by atoms with E-state index in [4.69, 9.17) is 10.2 Å². The predicted octanol–water partition coefficient (Wildman–Crippen LogP) is -0.220. The molecular weight excluding hydrogens is 172 g/mol. The van der Waals surface area contributed by atoms with Gasteiger partial charge in [-0.3, -0.25) is 0 Å². The Bertz CT molecular complexity index is 319. The Balaban J connectivity index is 2.68. The number of carbonyl (C=O) groups is 1. The van der Waals surface area contributed by atoms with Gasteiger partial charge < -0.3 is 20.1 Å². The molecular formula is C9H9O4-. The zero-order chi connectivity index (χ0) is 9.84. The number of aromatic hydroxyl groups is 2. The first kappa shape index (κ1) is 9.38. The summed E-state index contributed by atoms with van der Waals surface area (Å²) < 4.78 is 0. The van der Waals surface area contributed by atoms with E-state index < -0.39 is 5.97 Å². The van der Waals surface area contributed by atoms with Crippen LogP contribution in [0.5, 0.6) is 11.5 Å². The van der Waals surface area contributed by atoms with Crippen molar-refractivity contribution >= 4 is 5.97 Å². The smallest absolute Gasteiger partial charge is 0.157 e. The second-order valence-electron chi connectivity index (χ2n) is 2.70. The van der Waals surface area contributed by atoms with Crippen LogP contribution in [0.4, 0.5) is 0 Å². The molecule has 4 heteroatoms. The van der Waals surface area contributed by atoms with Crippen molar-refractivity contribution in [1.82, 2.24) is 0 Å². The normalized spacial score (nSPS) is 9.85. The second-order valence-corrected chi connectivity index (χ2v) is 2.70. The summed E-state index contributed by atoms with van der Waals surface area (Å²) >= 11 is 0. The number of hydrogen-bond acceptors (Lipinski definition) is 4. The van der Waals surface area contributed by atoms with Gasteiger partial charge in [0.15, 0.2) is 11.5 Å². The monoisotopic (exact) mass is 181 g/mol. The van der Waals surface area contributed by atoms with E-state index in [0.717, 1.165) is 0 Å². The lowest BCUT2D eigenvalue weighted by Crippen LogP contribution is -2.22. The average Bonchev–Trinajstić information content (AvgIpc) is 2.07. The lowest BCUT2D eigenvalue weighted by atomic mass is 10.1. The van der Waals surface area contributed by atoms with Crippen molar-refractivity contribution in [1.29, 1.82) is 0 Å². The number of rotatable bonds is 3. The number of carbonyl (C=O) groups excluding carboxylic acids is 1. The van der Waals surface area contributed by atoms with Gasteiger partial charge in [-0.1, -0.05) is 6.07 Å². The molecule has 0 amide bonds. The lowest BCUT2D eigenvalue weighted by Gasteiger charge is -2.03. The van der Waals surface area contributed by atoms with Gasteiger partial charge in [0.2, 0.25) is 0 Å². The Labute approximate surface area is 75.1 Å². The number of aliphatic carboxylic acids is 1. The van der Waals surface area contributed by atoms with Crippen molar-refractivity contribution in [2.45, 2.75) is 12.8 Å². The minimum Gasteiger partial charge on any atom is -0.550 e. The maximum Gasteiger partial charge on any atom is 0.157 e. The molecule has 1 rings (SSSR count). The molecule has 0 fully saturated rings. The van der Waals surface area contributed by atoms with Crippen molar-refractivity contribution in [3.05, 3.63) is 23.8 Å². The Hall–Kier alpha value is -1.71. The molecule has 0 heterocycles. The summed E-state index contributed by atoms with van der Waals surface area (Å²) in [6.45, 7) is 0. The van der Waals surface area contributed by atoms with Crippen LogP contribution in [0.3, 0.4) is 0 Å². The minimum absolute atomic E-state index is 0.0930. The summed E-state index contributed by atoms with van der Waals surface area (Å²) in [6, 6.07) is 4.20. The van der Waals surface area contributed by atoms with Crippen molar-refractivity contribution in [2.75, 3.05) is 0 Å². The van der Waals surface area contributed by atoms with Crippen LogP contribution in [-0.4, -0.2) is 16.2 Å². The highest BCUT2D eigenvalue weighted by Crippen LogP contribution is 2.25. The number of phenols is 2. The molecule has 1 aromatic rings. The summed E-state index contributed by atoms with van der Waals surface area (Å²) in [5, 5.41) is 28.1. The average molecular weight is 181 g/mol. The highest BCUT2D eigenvalue weighted by Gasteiger charge is 2.00. The fraction of sp³-hybridized carbons (Fsp3) is 0.222. The van der Waals surface area contributed by atoms with Crippen LogP contribution >= 0.6 is 0 Å². The molecule has 0 unspecified atom stereocenters. The van der Waals surface area contributed by atoms with E-state index in [-0.39, 0.29) is 24.3 Å². The largest absolute Gasteiger partial charge is 0.550 e. The fourth-order valence-corrected chi connectivity index (χ4v) is 0.971. The number of carboxylic acid groups (broad SMARTS) is 1. The maximum absolute atomic E-state index is 10.1. The third kappa shape index (κ3) is 2.66. The molecule has 0 aliphatic carbocycles. The molecule has 0 atom stereocenters. The number of carboxylic acids is 1. The Morgan fingerprint density at radius 1 is 1.31 bits per heavy atom. The van der Waals surface area contributed by atoms with Gasteiger partial charge in [0.25, 0.3) is 0 Å². The summed E-state index contributed by atoms with van der Waals surface area (Å²) in [4.78, 5) is 10.1. The fourth-order valence-electron chi connectivity index (χ4n) is 0.971. The first-order chi connectivity index (χ1) is 6.09. The van der Waals surface area contributed by atoms with E-state index in [1.165, 1.54) is 12.1 Å². The zero-order valence-electron chi connectivity index (χ0n) is 6.86. The highest BCUT2D eigenvalue weighted by molar-refractivity contribution is 5.64. The minimum atomic E-state index is -1.13. The zero-order valence-corrected chi connectivity index (χ0v) is 6.86. The number of hydrogen-bond donors (Lipinski definition) is 2. The van der Waals surface area contributed by atoms with Crippen LogP contribution in [0.1, 0.15) is 12.0 Å². The molecule has 0 aliphatic rings. The third-order valence-corrected chi connectivity index (χ3v) is 1.66. The van der Waals surface area contributed by atoms with E-state index in [9.17, 15) is 9.90 Å². The Morgan fingerprint density at radius 3 is 2.54 bits per heavy atom. The molecule has 4 nitrogen and oxygen atoms in total. The molecule has 2 N–H and O–H groups in total. The van der Waals surface area contributed by atoms with E-state index >= 15 is 0 Å². The predicted molar refractivity (Wildman–Crippen MR) is 43.1 cm³/mol. The molecule has 70 valence electrons. The molecule has 0 aliphatic heterocycles. The van der Waals surface area contributed by atoms with Gasteiger partial charge in [-0.2, -0.15) is 0 Å². The van der Waals surface area contributed by atoms with Gasteiger partial charge in [0.05, 0.1) is 0 Å². The van der Waals surface area contributed by atoms with Crippen LogP contribution in [0, 0.1) is 0 Å². The molecule has 0 saturated heterocycles. The van der Waals surface area contributed by atoms with E-state index in [1.807, 2.05) is 0 Å². The van der Waals surface area contributed by atoms with E-state index in [0.29, 0.717) is 5.56 Å². The van der Waals surface area contributed by atoms with Crippen LogP contribution in [0.25, 0.3) is 0 Å². The first-order valence-corrected chi connectivity index (χ1v) is 3.80. The van der Waals surface area contributed by atoms with Gasteiger partial charge in [-0.25, -0.2) is 0 Å². The Morgan fingerprint density at radius 2 is 2.00 bits per heavy atom. The second kappa shape index (κ2) is 3.80. The summed E-state index contributed by atoms with van der Waals surface area (Å²) in [6.07, 6.45) is 0.195. The van der Waals surface area contributed by atoms with E-state index in [2.05, 4.69) is 0 Å². The van der Waals surface area contributed by atoms with Crippen LogP contribution in [0.15, 0.2) is 18.2 Å². The van der Waals surface area contributed by atoms with Crippen molar-refractivity contribution in [3.8, 4) is 11.5 Å². The standard InChI is InChI=1S/C9H10O4/c10-7-3-1-6(5-8(7)11)2-4-9(12)13/h1,3,5,10-11H,2,4H2,(H,12,13)/p-1. The van der Waals surface area contributed by atoms with Crippen LogP contribution in [-0.2, 0) is 11.2 Å². The Kier molecular flexibility index (Phi) is 2.74. The van der Waals surface area contributed by atoms with Gasteiger partial charge in [-0.05, 0) is 30.5 Å². The lowest BCUT2D eigenvalue weighted by molar-refractivity contribution is -0.305. The molecule has 0 bridgehead atoms. The molecule has 1 aromatic carbocycles. The number of benzene rings is 1. The van der Waals surface area contributed by atoms with Crippen LogP contribution in [0.2, 0.25) is 0 Å². The first-order valence-electron chi connectivity index (χ1n) is 3.80. The molecule has 0 saturated carbocycles. The van der Waals surface area contributed by atoms with Gasteiger partial charge in [-0.15, -0.1) is 0 Å². The number of phenolic OH excluding ortho intramolecular Hbond substituents is 2. The van der Waals surface area contributed by atoms with Gasteiger partial charge in [0, 0.05) is 5.97 Å².